The number of amides is 2. The smallest absolute Gasteiger partial charge is 0.239 e. The summed E-state index contributed by atoms with van der Waals surface area (Å²) in [6.45, 7) is 6.31. The van der Waals surface area contributed by atoms with E-state index in [1.54, 1.807) is 0 Å². The number of carbonyl (C=O) groups is 2. The highest BCUT2D eigenvalue weighted by Crippen LogP contribution is 2.16. The van der Waals surface area contributed by atoms with Crippen molar-refractivity contribution in [2.24, 2.45) is 0 Å². The molecule has 0 bridgehead atoms. The van der Waals surface area contributed by atoms with Crippen molar-refractivity contribution in [1.82, 2.24) is 15.1 Å². The van der Waals surface area contributed by atoms with E-state index in [2.05, 4.69) is 22.5 Å². The molecule has 2 amide bonds. The van der Waals surface area contributed by atoms with Crippen LogP contribution in [0.15, 0.2) is 24.3 Å². The molecule has 2 saturated heterocycles. The molecule has 0 radical (unpaired) electrons. The van der Waals surface area contributed by atoms with E-state index in [4.69, 9.17) is 0 Å². The first-order chi connectivity index (χ1) is 12.7. The van der Waals surface area contributed by atoms with Crippen molar-refractivity contribution in [1.29, 1.82) is 0 Å². The fourth-order valence-corrected chi connectivity index (χ4v) is 3.75. The Hall–Kier alpha value is -1.92. The Kier molecular flexibility index (Phi) is 6.63. The van der Waals surface area contributed by atoms with Gasteiger partial charge < -0.3 is 15.5 Å². The second-order valence-corrected chi connectivity index (χ2v) is 7.16. The van der Waals surface area contributed by atoms with Crippen LogP contribution in [0.2, 0.25) is 0 Å². The monoisotopic (exact) mass is 358 g/mol. The lowest BCUT2D eigenvalue weighted by Crippen LogP contribution is -2.55. The number of nitrogens with one attached hydrogen (secondary N) is 2. The normalized spacial score (nSPS) is 21.4. The van der Waals surface area contributed by atoms with Crippen molar-refractivity contribution in [3.63, 3.8) is 0 Å². The highest BCUT2D eigenvalue weighted by Gasteiger charge is 2.28. The molecule has 1 aromatic rings. The van der Waals surface area contributed by atoms with Gasteiger partial charge in [-0.25, -0.2) is 0 Å². The van der Waals surface area contributed by atoms with E-state index >= 15 is 0 Å². The van der Waals surface area contributed by atoms with E-state index < -0.39 is 0 Å². The molecule has 2 fully saturated rings. The van der Waals surface area contributed by atoms with E-state index in [1.165, 1.54) is 0 Å². The molecule has 2 heterocycles. The predicted octanol–water partition coefficient (Wildman–Crippen LogP) is 1.47. The number of benzene rings is 1. The van der Waals surface area contributed by atoms with Crippen LogP contribution < -0.4 is 10.6 Å². The highest BCUT2D eigenvalue weighted by molar-refractivity contribution is 5.93. The van der Waals surface area contributed by atoms with Crippen LogP contribution in [0.25, 0.3) is 0 Å². The van der Waals surface area contributed by atoms with Crippen LogP contribution in [0.4, 0.5) is 5.69 Å². The largest absolute Gasteiger partial charge is 0.339 e. The first-order valence-corrected chi connectivity index (χ1v) is 9.79. The second-order valence-electron chi connectivity index (χ2n) is 7.16. The number of para-hydroxylation sites is 1. The van der Waals surface area contributed by atoms with Crippen LogP contribution >= 0.6 is 0 Å². The summed E-state index contributed by atoms with van der Waals surface area (Å²) in [4.78, 5) is 29.0. The minimum Gasteiger partial charge on any atom is -0.339 e. The Balaban J connectivity index is 1.44. The summed E-state index contributed by atoms with van der Waals surface area (Å²) in [6.07, 6.45) is 4.13. The molecule has 1 unspecified atom stereocenters. The summed E-state index contributed by atoms with van der Waals surface area (Å²) in [7, 11) is 0. The summed E-state index contributed by atoms with van der Waals surface area (Å²) in [5.41, 5.74) is 2.05. The summed E-state index contributed by atoms with van der Waals surface area (Å²) in [6, 6.07) is 7.91. The molecule has 2 aliphatic rings. The summed E-state index contributed by atoms with van der Waals surface area (Å²) in [5, 5.41) is 6.35. The number of hydrogen-bond donors (Lipinski definition) is 2. The van der Waals surface area contributed by atoms with Gasteiger partial charge in [0.2, 0.25) is 11.8 Å². The molecule has 2 aliphatic heterocycles. The maximum atomic E-state index is 12.6. The molecule has 26 heavy (non-hydrogen) atoms. The number of rotatable bonds is 5. The molecule has 6 heteroatoms. The van der Waals surface area contributed by atoms with Crippen LogP contribution in [0, 0.1) is 0 Å². The van der Waals surface area contributed by atoms with Gasteiger partial charge in [-0.3, -0.25) is 14.5 Å². The van der Waals surface area contributed by atoms with Crippen LogP contribution in [-0.4, -0.2) is 66.9 Å². The number of piperazine rings is 1. The molecule has 2 N–H and O–H groups in total. The molecule has 6 nitrogen and oxygen atoms in total. The van der Waals surface area contributed by atoms with Crippen molar-refractivity contribution in [2.75, 3.05) is 44.6 Å². The van der Waals surface area contributed by atoms with Gasteiger partial charge in [0.1, 0.15) is 0 Å². The third-order valence-corrected chi connectivity index (χ3v) is 5.33. The van der Waals surface area contributed by atoms with E-state index in [0.717, 1.165) is 56.6 Å². The lowest BCUT2D eigenvalue weighted by Gasteiger charge is -2.37. The van der Waals surface area contributed by atoms with Gasteiger partial charge in [0.05, 0.1) is 12.6 Å². The molecule has 3 rings (SSSR count). The van der Waals surface area contributed by atoms with Crippen molar-refractivity contribution < 1.29 is 9.59 Å². The zero-order valence-corrected chi connectivity index (χ0v) is 15.7. The minimum absolute atomic E-state index is 0.0101. The summed E-state index contributed by atoms with van der Waals surface area (Å²) in [5.74, 6) is 0.241. The zero-order valence-electron chi connectivity index (χ0n) is 15.7. The van der Waals surface area contributed by atoms with E-state index in [0.29, 0.717) is 19.6 Å². The molecule has 142 valence electrons. The van der Waals surface area contributed by atoms with Gasteiger partial charge in [0.25, 0.3) is 0 Å². The molecule has 0 aromatic heterocycles. The van der Waals surface area contributed by atoms with Crippen LogP contribution in [0.1, 0.15) is 31.7 Å². The molecule has 0 spiro atoms. The minimum atomic E-state index is -0.0101. The fourth-order valence-electron chi connectivity index (χ4n) is 3.75. The molecule has 0 saturated carbocycles. The molecule has 1 aromatic carbocycles. The Morgan fingerprint density at radius 3 is 2.62 bits per heavy atom. The van der Waals surface area contributed by atoms with Gasteiger partial charge in [0.15, 0.2) is 0 Å². The maximum absolute atomic E-state index is 12.6. The Morgan fingerprint density at radius 1 is 1.15 bits per heavy atom. The van der Waals surface area contributed by atoms with Crippen molar-refractivity contribution >= 4 is 17.5 Å². The second kappa shape index (κ2) is 9.14. The lowest BCUT2D eigenvalue weighted by molar-refractivity contribution is -0.135. The van der Waals surface area contributed by atoms with Crippen LogP contribution in [0.5, 0.6) is 0 Å². The molecule has 0 aliphatic carbocycles. The Bertz CT molecular complexity index is 620. The summed E-state index contributed by atoms with van der Waals surface area (Å²) >= 11 is 0. The number of aryl methyl sites for hydroxylation is 1. The zero-order chi connectivity index (χ0) is 18.4. The standard InChI is InChI=1S/C20H30N4O2/c1-2-16-7-3-4-8-17(16)22-19(25)15-23-11-13-24(14-12-23)20(26)18-9-5-6-10-21-18/h3-4,7-8,18,21H,2,5-6,9-15H2,1H3,(H,22,25). The Morgan fingerprint density at radius 2 is 1.92 bits per heavy atom. The van der Waals surface area contributed by atoms with Gasteiger partial charge >= 0.3 is 0 Å². The van der Waals surface area contributed by atoms with E-state index in [1.807, 2.05) is 29.2 Å². The Labute approximate surface area is 155 Å². The van der Waals surface area contributed by atoms with Crippen molar-refractivity contribution in [2.45, 2.75) is 38.6 Å². The average molecular weight is 358 g/mol. The topological polar surface area (TPSA) is 64.7 Å². The number of hydrogen-bond acceptors (Lipinski definition) is 4. The van der Waals surface area contributed by atoms with E-state index in [-0.39, 0.29) is 17.9 Å². The van der Waals surface area contributed by atoms with Gasteiger partial charge in [-0.1, -0.05) is 31.5 Å². The maximum Gasteiger partial charge on any atom is 0.239 e. The third-order valence-electron chi connectivity index (χ3n) is 5.33. The molecule has 1 atom stereocenters. The lowest BCUT2D eigenvalue weighted by atomic mass is 10.0. The summed E-state index contributed by atoms with van der Waals surface area (Å²) < 4.78 is 0. The first kappa shape index (κ1) is 18.9. The van der Waals surface area contributed by atoms with Gasteiger partial charge in [-0.05, 0) is 37.4 Å². The van der Waals surface area contributed by atoms with Crippen LogP contribution in [-0.2, 0) is 16.0 Å². The average Bonchev–Trinajstić information content (AvgIpc) is 2.69. The van der Waals surface area contributed by atoms with Gasteiger partial charge in [-0.2, -0.15) is 0 Å². The number of nitrogens with zero attached hydrogens (tertiary/aromatic N) is 2. The van der Waals surface area contributed by atoms with Crippen molar-refractivity contribution in [3.05, 3.63) is 29.8 Å². The quantitative estimate of drug-likeness (QED) is 0.837. The third kappa shape index (κ3) is 4.83. The number of piperidine rings is 1. The number of anilines is 1. The highest BCUT2D eigenvalue weighted by atomic mass is 16.2. The molecular weight excluding hydrogens is 328 g/mol. The first-order valence-electron chi connectivity index (χ1n) is 9.79. The van der Waals surface area contributed by atoms with E-state index in [9.17, 15) is 9.59 Å². The number of carbonyl (C=O) groups excluding carboxylic acids is 2. The predicted molar refractivity (Wildman–Crippen MR) is 103 cm³/mol. The molecular formula is C20H30N4O2. The van der Waals surface area contributed by atoms with Gasteiger partial charge in [-0.15, -0.1) is 0 Å². The SMILES string of the molecule is CCc1ccccc1NC(=O)CN1CCN(C(=O)C2CCCCN2)CC1. The van der Waals surface area contributed by atoms with Crippen LogP contribution in [0.3, 0.4) is 0 Å². The van der Waals surface area contributed by atoms with Crippen molar-refractivity contribution in [3.8, 4) is 0 Å². The fraction of sp³-hybridized carbons (Fsp3) is 0.600. The van der Waals surface area contributed by atoms with Gasteiger partial charge in [0, 0.05) is 31.9 Å².